The van der Waals surface area contributed by atoms with Gasteiger partial charge in [-0.05, 0) is 79.4 Å². The van der Waals surface area contributed by atoms with Crippen molar-refractivity contribution in [2.45, 2.75) is 33.4 Å². The fraction of sp³-hybridized carbons (Fsp3) is 0.152. The van der Waals surface area contributed by atoms with Crippen LogP contribution in [-0.4, -0.2) is 21.6 Å². The first-order valence-electron chi connectivity index (χ1n) is 12.9. The molecule has 4 aromatic carbocycles. The summed E-state index contributed by atoms with van der Waals surface area (Å²) in [6, 6.07) is 25.7. The zero-order chi connectivity index (χ0) is 28.6. The number of hydrogen-bond acceptors (Lipinski definition) is 2. The van der Waals surface area contributed by atoms with Gasteiger partial charge in [0, 0.05) is 44.3 Å². The summed E-state index contributed by atoms with van der Waals surface area (Å²) in [6.07, 6.45) is 0. The van der Waals surface area contributed by atoms with Crippen molar-refractivity contribution >= 4 is 46.0 Å². The lowest BCUT2D eigenvalue weighted by atomic mass is 9.99. The number of fused-ring (bicyclic) bond motifs is 1. The first-order valence-corrected chi connectivity index (χ1v) is 13.7. The molecular weight excluding hydrogens is 543 g/mol. The van der Waals surface area contributed by atoms with Crippen LogP contribution in [0.5, 0.6) is 0 Å². The van der Waals surface area contributed by atoms with Crippen molar-refractivity contribution in [3.05, 3.63) is 128 Å². The Balaban J connectivity index is 1.39. The molecule has 0 aliphatic carbocycles. The molecule has 5 nitrogen and oxygen atoms in total. The van der Waals surface area contributed by atoms with Crippen LogP contribution in [0.1, 0.15) is 56.1 Å². The molecule has 202 valence electrons. The quantitative estimate of drug-likeness (QED) is 0.206. The summed E-state index contributed by atoms with van der Waals surface area (Å²) in [5.74, 6) is -1.15. The first kappa shape index (κ1) is 27.5. The largest absolute Gasteiger partial charge is 0.478 e. The first-order chi connectivity index (χ1) is 19.2. The fourth-order valence-corrected chi connectivity index (χ4v) is 5.89. The molecule has 0 bridgehead atoms. The van der Waals surface area contributed by atoms with Crippen LogP contribution in [0.15, 0.2) is 84.9 Å². The van der Waals surface area contributed by atoms with E-state index in [-0.39, 0.29) is 17.5 Å². The summed E-state index contributed by atoms with van der Waals surface area (Å²) in [5.41, 5.74) is 7.43. The number of benzene rings is 4. The Hall–Kier alpha value is -4.06. The Kier molecular flexibility index (Phi) is 7.70. The lowest BCUT2D eigenvalue weighted by Gasteiger charge is -2.17. The topological polar surface area (TPSA) is 71.3 Å². The maximum absolute atomic E-state index is 13.2. The van der Waals surface area contributed by atoms with Gasteiger partial charge in [0.2, 0.25) is 0 Å². The number of hydrogen-bond donors (Lipinski definition) is 2. The Morgan fingerprint density at radius 3 is 2.25 bits per heavy atom. The minimum absolute atomic E-state index is 0.201. The van der Waals surface area contributed by atoms with Gasteiger partial charge in [-0.2, -0.15) is 0 Å². The summed E-state index contributed by atoms with van der Waals surface area (Å²) in [7, 11) is 0. The van der Waals surface area contributed by atoms with Gasteiger partial charge in [0.15, 0.2) is 0 Å². The Bertz CT molecular complexity index is 1740. The number of aromatic carboxylic acids is 1. The third-order valence-corrected chi connectivity index (χ3v) is 8.10. The SMILES string of the molecule is Cc1c(C)n(Cc2ccc(-c3ccccc3C(=O)O)cc2)c2ccc(C(=O)N[C@@H](C)c3c(Cl)cccc3Cl)cc12. The highest BCUT2D eigenvalue weighted by molar-refractivity contribution is 6.36. The lowest BCUT2D eigenvalue weighted by Crippen LogP contribution is -2.27. The zero-order valence-electron chi connectivity index (χ0n) is 22.3. The smallest absolute Gasteiger partial charge is 0.336 e. The van der Waals surface area contributed by atoms with Crippen LogP contribution in [-0.2, 0) is 6.54 Å². The molecule has 0 aliphatic rings. The van der Waals surface area contributed by atoms with Crippen molar-refractivity contribution in [3.63, 3.8) is 0 Å². The minimum atomic E-state index is -0.945. The summed E-state index contributed by atoms with van der Waals surface area (Å²) in [6.45, 7) is 6.65. The Morgan fingerprint density at radius 1 is 0.900 bits per heavy atom. The number of carboxylic acids is 1. The minimum Gasteiger partial charge on any atom is -0.478 e. The van der Waals surface area contributed by atoms with E-state index in [1.165, 1.54) is 0 Å². The molecule has 40 heavy (non-hydrogen) atoms. The Labute approximate surface area is 243 Å². The van der Waals surface area contributed by atoms with Gasteiger partial charge in [0.05, 0.1) is 11.6 Å². The van der Waals surface area contributed by atoms with Gasteiger partial charge in [0.25, 0.3) is 5.91 Å². The van der Waals surface area contributed by atoms with Gasteiger partial charge >= 0.3 is 5.97 Å². The molecule has 5 rings (SSSR count). The molecule has 2 N–H and O–H groups in total. The molecule has 5 aromatic rings. The standard InChI is InChI=1S/C33H28Cl2N2O3/c1-19-21(3)37(18-22-11-13-23(14-12-22)25-7-4-5-8-26(25)33(39)40)30-16-15-24(17-27(19)30)32(38)36-20(2)31-28(34)9-6-10-29(31)35/h4-17,20H,18H2,1-3H3,(H,36,38)(H,39,40)/t20-/m0/s1. The number of nitrogens with one attached hydrogen (secondary N) is 1. The van der Waals surface area contributed by atoms with E-state index in [2.05, 4.69) is 23.7 Å². The Morgan fingerprint density at radius 2 is 1.57 bits per heavy atom. The van der Waals surface area contributed by atoms with Gasteiger partial charge in [-0.15, -0.1) is 0 Å². The van der Waals surface area contributed by atoms with Crippen molar-refractivity contribution in [1.82, 2.24) is 9.88 Å². The van der Waals surface area contributed by atoms with Crippen molar-refractivity contribution < 1.29 is 14.7 Å². The highest BCUT2D eigenvalue weighted by Crippen LogP contribution is 2.31. The molecule has 0 unspecified atom stereocenters. The van der Waals surface area contributed by atoms with E-state index in [9.17, 15) is 14.7 Å². The number of nitrogens with zero attached hydrogens (tertiary/aromatic N) is 1. The number of carbonyl (C=O) groups is 2. The van der Waals surface area contributed by atoms with E-state index < -0.39 is 5.97 Å². The third kappa shape index (κ3) is 5.23. The van der Waals surface area contributed by atoms with E-state index in [1.807, 2.05) is 61.5 Å². The van der Waals surface area contributed by atoms with Crippen LogP contribution >= 0.6 is 23.2 Å². The molecular formula is C33H28Cl2N2O3. The number of carbonyl (C=O) groups excluding carboxylic acids is 1. The maximum atomic E-state index is 13.2. The summed E-state index contributed by atoms with van der Waals surface area (Å²) in [4.78, 5) is 24.8. The molecule has 1 amide bonds. The summed E-state index contributed by atoms with van der Waals surface area (Å²) >= 11 is 12.7. The molecule has 0 fully saturated rings. The second kappa shape index (κ2) is 11.2. The van der Waals surface area contributed by atoms with E-state index >= 15 is 0 Å². The molecule has 1 heterocycles. The van der Waals surface area contributed by atoms with Gasteiger partial charge in [-0.3, -0.25) is 4.79 Å². The predicted molar refractivity (Wildman–Crippen MR) is 162 cm³/mol. The molecule has 0 saturated heterocycles. The summed E-state index contributed by atoms with van der Waals surface area (Å²) < 4.78 is 2.23. The van der Waals surface area contributed by atoms with Crippen molar-refractivity contribution in [1.29, 1.82) is 0 Å². The van der Waals surface area contributed by atoms with E-state index in [0.717, 1.165) is 33.3 Å². The van der Waals surface area contributed by atoms with E-state index in [0.29, 0.717) is 33.3 Å². The average Bonchev–Trinajstić information content (AvgIpc) is 3.17. The monoisotopic (exact) mass is 570 g/mol. The van der Waals surface area contributed by atoms with Gasteiger partial charge in [-0.25, -0.2) is 4.79 Å². The number of carboxylic acid groups (broad SMARTS) is 1. The predicted octanol–water partition coefficient (Wildman–Crippen LogP) is 8.47. The number of aryl methyl sites for hydroxylation is 1. The second-order valence-electron chi connectivity index (χ2n) is 9.91. The molecule has 0 spiro atoms. The highest BCUT2D eigenvalue weighted by Gasteiger charge is 2.19. The second-order valence-corrected chi connectivity index (χ2v) is 10.7. The number of rotatable bonds is 7. The van der Waals surface area contributed by atoms with Crippen LogP contribution in [0.25, 0.3) is 22.0 Å². The van der Waals surface area contributed by atoms with Crippen molar-refractivity contribution in [3.8, 4) is 11.1 Å². The van der Waals surface area contributed by atoms with Crippen LogP contribution in [0.3, 0.4) is 0 Å². The van der Waals surface area contributed by atoms with E-state index in [1.54, 1.807) is 30.3 Å². The van der Waals surface area contributed by atoms with Crippen LogP contribution in [0.4, 0.5) is 0 Å². The molecule has 0 aliphatic heterocycles. The van der Waals surface area contributed by atoms with Crippen molar-refractivity contribution in [2.75, 3.05) is 0 Å². The number of halogens is 2. The lowest BCUT2D eigenvalue weighted by molar-refractivity contribution is 0.0697. The molecule has 1 aromatic heterocycles. The third-order valence-electron chi connectivity index (χ3n) is 7.44. The summed E-state index contributed by atoms with van der Waals surface area (Å²) in [5, 5.41) is 14.6. The number of amides is 1. The van der Waals surface area contributed by atoms with Crippen molar-refractivity contribution in [2.24, 2.45) is 0 Å². The molecule has 0 saturated carbocycles. The zero-order valence-corrected chi connectivity index (χ0v) is 23.8. The van der Waals surface area contributed by atoms with E-state index in [4.69, 9.17) is 23.2 Å². The number of aromatic nitrogens is 1. The molecule has 1 atom stereocenters. The van der Waals surface area contributed by atoms with Crippen LogP contribution < -0.4 is 5.32 Å². The normalized spacial score (nSPS) is 11.9. The maximum Gasteiger partial charge on any atom is 0.336 e. The fourth-order valence-electron chi connectivity index (χ4n) is 5.16. The van der Waals surface area contributed by atoms with Gasteiger partial charge < -0.3 is 15.0 Å². The highest BCUT2D eigenvalue weighted by atomic mass is 35.5. The molecule has 7 heteroatoms. The average molecular weight is 572 g/mol. The van der Waals surface area contributed by atoms with Crippen LogP contribution in [0, 0.1) is 13.8 Å². The van der Waals surface area contributed by atoms with Gasteiger partial charge in [-0.1, -0.05) is 71.7 Å². The molecule has 0 radical (unpaired) electrons. The van der Waals surface area contributed by atoms with Gasteiger partial charge in [0.1, 0.15) is 0 Å². The van der Waals surface area contributed by atoms with Crippen LogP contribution in [0.2, 0.25) is 10.0 Å².